The van der Waals surface area contributed by atoms with Crippen LogP contribution in [-0.4, -0.2) is 29.3 Å². The minimum Gasteiger partial charge on any atom is -0.511 e. The van der Waals surface area contributed by atoms with Crippen LogP contribution in [0.25, 0.3) is 0 Å². The van der Waals surface area contributed by atoms with Crippen molar-refractivity contribution >= 4 is 0 Å². The van der Waals surface area contributed by atoms with Crippen LogP contribution in [0.5, 0.6) is 0 Å². The summed E-state index contributed by atoms with van der Waals surface area (Å²) in [5.74, 6) is 0.129. The summed E-state index contributed by atoms with van der Waals surface area (Å²) in [6.07, 6.45) is 0.226. The predicted octanol–water partition coefficient (Wildman–Crippen LogP) is 2.28. The van der Waals surface area contributed by atoms with Gasteiger partial charge < -0.3 is 5.11 Å². The second-order valence-corrected chi connectivity index (χ2v) is 3.83. The van der Waals surface area contributed by atoms with Gasteiger partial charge in [0.05, 0.1) is 6.54 Å². The van der Waals surface area contributed by atoms with Crippen molar-refractivity contribution in [3.63, 3.8) is 0 Å². The summed E-state index contributed by atoms with van der Waals surface area (Å²) in [6, 6.07) is 9.88. The van der Waals surface area contributed by atoms with Crippen molar-refractivity contribution in [1.29, 1.82) is 0 Å². The van der Waals surface area contributed by atoms with Crippen LogP contribution in [0.1, 0.15) is 5.56 Å². The van der Waals surface area contributed by atoms with Gasteiger partial charge in [-0.25, -0.2) is 4.39 Å². The van der Waals surface area contributed by atoms with E-state index in [1.165, 1.54) is 6.08 Å². The number of aliphatic hydroxyl groups excluding tert-OH is 1. The van der Waals surface area contributed by atoms with Gasteiger partial charge in [0.2, 0.25) is 0 Å². The number of benzene rings is 1. The van der Waals surface area contributed by atoms with Gasteiger partial charge in [-0.3, -0.25) is 4.90 Å². The van der Waals surface area contributed by atoms with Crippen molar-refractivity contribution in [3.05, 3.63) is 47.7 Å². The predicted molar refractivity (Wildman–Crippen MR) is 57.3 cm³/mol. The molecule has 1 aromatic carbocycles. The Labute approximate surface area is 88.6 Å². The molecule has 0 bridgehead atoms. The smallest absolute Gasteiger partial charge is 0.134 e. The van der Waals surface area contributed by atoms with E-state index in [9.17, 15) is 9.50 Å². The Hall–Kier alpha value is -1.35. The summed E-state index contributed by atoms with van der Waals surface area (Å²) >= 11 is 0. The summed E-state index contributed by atoms with van der Waals surface area (Å²) in [6.45, 7) is 1.48. The molecule has 0 saturated heterocycles. The average Bonchev–Trinajstić information content (AvgIpc) is 2.17. The minimum atomic E-state index is -1.05. The largest absolute Gasteiger partial charge is 0.511 e. The maximum atomic E-state index is 13.1. The molecule has 0 fully saturated rings. The molecule has 1 heterocycles. The number of aliphatic hydroxyl groups is 1. The summed E-state index contributed by atoms with van der Waals surface area (Å²) in [5.41, 5.74) is 1.14. The zero-order valence-electron chi connectivity index (χ0n) is 8.44. The Bertz CT molecular complexity index is 350. The van der Waals surface area contributed by atoms with Gasteiger partial charge in [-0.15, -0.1) is 0 Å². The van der Waals surface area contributed by atoms with Crippen molar-refractivity contribution in [2.75, 3.05) is 13.1 Å². The highest BCUT2D eigenvalue weighted by atomic mass is 19.1. The number of hydrogen-bond donors (Lipinski definition) is 1. The minimum absolute atomic E-state index is 0.129. The molecule has 0 aliphatic carbocycles. The van der Waals surface area contributed by atoms with Crippen LogP contribution in [0.2, 0.25) is 0 Å². The lowest BCUT2D eigenvalue weighted by molar-refractivity contribution is 0.173. The van der Waals surface area contributed by atoms with Crippen LogP contribution < -0.4 is 0 Å². The average molecular weight is 207 g/mol. The summed E-state index contributed by atoms with van der Waals surface area (Å²) in [5, 5.41) is 9.31. The normalized spacial score (nSPS) is 22.5. The van der Waals surface area contributed by atoms with E-state index in [4.69, 9.17) is 0 Å². The summed E-state index contributed by atoms with van der Waals surface area (Å²) < 4.78 is 13.1. The number of alkyl halides is 1. The van der Waals surface area contributed by atoms with Gasteiger partial charge in [0, 0.05) is 13.1 Å². The van der Waals surface area contributed by atoms with Crippen molar-refractivity contribution in [2.45, 2.75) is 12.7 Å². The molecule has 2 nitrogen and oxygen atoms in total. The highest BCUT2D eigenvalue weighted by molar-refractivity contribution is 5.15. The van der Waals surface area contributed by atoms with Crippen LogP contribution in [0.3, 0.4) is 0 Å². The lowest BCUT2D eigenvalue weighted by Crippen LogP contribution is -2.35. The molecule has 3 heteroatoms. The Kier molecular flexibility index (Phi) is 3.02. The second kappa shape index (κ2) is 4.45. The quantitative estimate of drug-likeness (QED) is 0.804. The molecule has 0 saturated carbocycles. The molecular weight excluding hydrogens is 193 g/mol. The topological polar surface area (TPSA) is 23.5 Å². The first-order valence-electron chi connectivity index (χ1n) is 5.04. The van der Waals surface area contributed by atoms with E-state index in [2.05, 4.69) is 0 Å². The maximum Gasteiger partial charge on any atom is 0.134 e. The molecule has 1 aromatic rings. The molecule has 2 rings (SSSR count). The third-order valence-corrected chi connectivity index (χ3v) is 2.44. The molecule has 15 heavy (non-hydrogen) atoms. The van der Waals surface area contributed by atoms with E-state index in [-0.39, 0.29) is 5.76 Å². The highest BCUT2D eigenvalue weighted by Crippen LogP contribution is 2.13. The van der Waals surface area contributed by atoms with Crippen LogP contribution in [0, 0.1) is 0 Å². The molecule has 0 radical (unpaired) electrons. The fourth-order valence-electron chi connectivity index (χ4n) is 1.82. The van der Waals surface area contributed by atoms with Crippen molar-refractivity contribution < 1.29 is 9.50 Å². The van der Waals surface area contributed by atoms with Gasteiger partial charge >= 0.3 is 0 Å². The second-order valence-electron chi connectivity index (χ2n) is 3.83. The van der Waals surface area contributed by atoms with Crippen LogP contribution in [-0.2, 0) is 6.54 Å². The molecule has 1 aliphatic rings. The molecule has 0 aromatic heterocycles. The van der Waals surface area contributed by atoms with E-state index in [1.807, 2.05) is 35.2 Å². The van der Waals surface area contributed by atoms with Crippen LogP contribution in [0.15, 0.2) is 42.2 Å². The third kappa shape index (κ3) is 2.80. The molecule has 1 aliphatic heterocycles. The Balaban J connectivity index is 1.99. The van der Waals surface area contributed by atoms with Crippen LogP contribution in [0.4, 0.5) is 4.39 Å². The van der Waals surface area contributed by atoms with Gasteiger partial charge in [-0.2, -0.15) is 0 Å². The lowest BCUT2D eigenvalue weighted by Gasteiger charge is -2.26. The van der Waals surface area contributed by atoms with Gasteiger partial charge in [0.1, 0.15) is 11.9 Å². The van der Waals surface area contributed by atoms with E-state index in [1.54, 1.807) is 0 Å². The molecule has 80 valence electrons. The zero-order valence-corrected chi connectivity index (χ0v) is 8.44. The number of nitrogens with zero attached hydrogens (tertiary/aromatic N) is 1. The number of hydrogen-bond acceptors (Lipinski definition) is 2. The van der Waals surface area contributed by atoms with Crippen molar-refractivity contribution in [3.8, 4) is 0 Å². The van der Waals surface area contributed by atoms with Gasteiger partial charge in [-0.05, 0) is 11.6 Å². The first-order valence-corrected chi connectivity index (χ1v) is 5.04. The van der Waals surface area contributed by atoms with E-state index >= 15 is 0 Å². The SMILES string of the molecule is OC1=CC(F)CN(Cc2ccccc2)C1. The van der Waals surface area contributed by atoms with Gasteiger partial charge in [-0.1, -0.05) is 30.3 Å². The molecular formula is C12H14FNO. The summed E-state index contributed by atoms with van der Waals surface area (Å²) in [4.78, 5) is 1.90. The highest BCUT2D eigenvalue weighted by Gasteiger charge is 2.19. The van der Waals surface area contributed by atoms with Crippen molar-refractivity contribution in [1.82, 2.24) is 4.90 Å². The number of rotatable bonds is 2. The third-order valence-electron chi connectivity index (χ3n) is 2.44. The Morgan fingerprint density at radius 1 is 1.33 bits per heavy atom. The van der Waals surface area contributed by atoms with E-state index in [0.29, 0.717) is 19.6 Å². The monoisotopic (exact) mass is 207 g/mol. The fraction of sp³-hybridized carbons (Fsp3) is 0.333. The van der Waals surface area contributed by atoms with Gasteiger partial charge in [0.15, 0.2) is 0 Å². The molecule has 0 spiro atoms. The molecule has 0 amide bonds. The molecule has 1 N–H and O–H groups in total. The fourth-order valence-corrected chi connectivity index (χ4v) is 1.82. The van der Waals surface area contributed by atoms with E-state index in [0.717, 1.165) is 5.56 Å². The number of halogens is 1. The standard InChI is InChI=1S/C12H14FNO/c13-11-6-12(15)9-14(8-11)7-10-4-2-1-3-5-10/h1-6,11,15H,7-9H2. The Morgan fingerprint density at radius 3 is 2.73 bits per heavy atom. The first kappa shape index (κ1) is 10.2. The van der Waals surface area contributed by atoms with Crippen LogP contribution >= 0.6 is 0 Å². The molecule has 1 atom stereocenters. The van der Waals surface area contributed by atoms with E-state index < -0.39 is 6.17 Å². The van der Waals surface area contributed by atoms with Gasteiger partial charge in [0.25, 0.3) is 0 Å². The lowest BCUT2D eigenvalue weighted by atomic mass is 10.1. The van der Waals surface area contributed by atoms with Crippen molar-refractivity contribution in [2.24, 2.45) is 0 Å². The molecule has 1 unspecified atom stereocenters. The Morgan fingerprint density at radius 2 is 2.07 bits per heavy atom. The zero-order chi connectivity index (χ0) is 10.7. The maximum absolute atomic E-state index is 13.1. The first-order chi connectivity index (χ1) is 7.24. The summed E-state index contributed by atoms with van der Waals surface area (Å²) in [7, 11) is 0.